The maximum Gasteiger partial charge on any atom is 0.226 e. The molecule has 1 heterocycles. The standard InChI is InChI=1S/C18H21N3O2/c1-14(22)21-13-16-8-9-19-17(11-16)12-18(23)20-10-7-15-5-3-2-4-6-15/h2-6,8-9,11H,7,10,12-13H2,1H3,(H,20,23)(H,21,22). The fourth-order valence-electron chi connectivity index (χ4n) is 2.18. The molecule has 120 valence electrons. The Balaban J connectivity index is 1.78. The lowest BCUT2D eigenvalue weighted by Gasteiger charge is -2.07. The summed E-state index contributed by atoms with van der Waals surface area (Å²) in [7, 11) is 0. The highest BCUT2D eigenvalue weighted by Gasteiger charge is 2.05. The maximum atomic E-state index is 12.0. The van der Waals surface area contributed by atoms with Crippen molar-refractivity contribution >= 4 is 11.8 Å². The summed E-state index contributed by atoms with van der Waals surface area (Å²) in [6, 6.07) is 13.7. The molecule has 0 radical (unpaired) electrons. The van der Waals surface area contributed by atoms with Crippen LogP contribution in [0.1, 0.15) is 23.7 Å². The van der Waals surface area contributed by atoms with E-state index in [1.54, 1.807) is 6.20 Å². The van der Waals surface area contributed by atoms with Gasteiger partial charge in [0.15, 0.2) is 0 Å². The summed E-state index contributed by atoms with van der Waals surface area (Å²) in [5, 5.41) is 5.63. The Morgan fingerprint density at radius 2 is 1.83 bits per heavy atom. The predicted octanol–water partition coefficient (Wildman–Crippen LogP) is 1.62. The van der Waals surface area contributed by atoms with Crippen molar-refractivity contribution in [3.63, 3.8) is 0 Å². The van der Waals surface area contributed by atoms with E-state index in [2.05, 4.69) is 15.6 Å². The van der Waals surface area contributed by atoms with Crippen LogP contribution in [0.25, 0.3) is 0 Å². The monoisotopic (exact) mass is 311 g/mol. The SMILES string of the molecule is CC(=O)NCc1ccnc(CC(=O)NCCc2ccccc2)c1. The first-order chi connectivity index (χ1) is 11.1. The van der Waals surface area contributed by atoms with Gasteiger partial charge in [0.05, 0.1) is 6.42 Å². The van der Waals surface area contributed by atoms with Gasteiger partial charge in [0, 0.05) is 31.9 Å². The number of hydrogen-bond acceptors (Lipinski definition) is 3. The number of aromatic nitrogens is 1. The molecule has 1 aromatic heterocycles. The van der Waals surface area contributed by atoms with Crippen LogP contribution in [0.5, 0.6) is 0 Å². The number of pyridine rings is 1. The molecule has 0 saturated carbocycles. The highest BCUT2D eigenvalue weighted by Crippen LogP contribution is 2.03. The van der Waals surface area contributed by atoms with Gasteiger partial charge in [0.25, 0.3) is 0 Å². The Kier molecular flexibility index (Phi) is 6.29. The molecule has 2 aromatic rings. The molecular formula is C18H21N3O2. The molecule has 5 heteroatoms. The molecule has 0 fully saturated rings. The molecule has 23 heavy (non-hydrogen) atoms. The number of nitrogens with one attached hydrogen (secondary N) is 2. The fraction of sp³-hybridized carbons (Fsp3) is 0.278. The van der Waals surface area contributed by atoms with Crippen LogP contribution >= 0.6 is 0 Å². The predicted molar refractivity (Wildman–Crippen MR) is 88.6 cm³/mol. The summed E-state index contributed by atoms with van der Waals surface area (Å²) in [6.45, 7) is 2.52. The number of amides is 2. The normalized spacial score (nSPS) is 10.1. The average molecular weight is 311 g/mol. The van der Waals surface area contributed by atoms with E-state index in [1.165, 1.54) is 12.5 Å². The molecule has 5 nitrogen and oxygen atoms in total. The highest BCUT2D eigenvalue weighted by atomic mass is 16.2. The number of nitrogens with zero attached hydrogens (tertiary/aromatic N) is 1. The van der Waals surface area contributed by atoms with Crippen molar-refractivity contribution in [3.8, 4) is 0 Å². The third-order valence-electron chi connectivity index (χ3n) is 3.34. The van der Waals surface area contributed by atoms with Gasteiger partial charge in [-0.3, -0.25) is 14.6 Å². The zero-order valence-corrected chi connectivity index (χ0v) is 13.2. The molecule has 0 spiro atoms. The first kappa shape index (κ1) is 16.7. The van der Waals surface area contributed by atoms with Crippen molar-refractivity contribution in [1.29, 1.82) is 0 Å². The van der Waals surface area contributed by atoms with Crippen LogP contribution in [0.4, 0.5) is 0 Å². The smallest absolute Gasteiger partial charge is 0.226 e. The summed E-state index contributed by atoms with van der Waals surface area (Å²) in [5.41, 5.74) is 2.83. The minimum absolute atomic E-state index is 0.0508. The molecule has 0 bridgehead atoms. The van der Waals surface area contributed by atoms with E-state index in [1.807, 2.05) is 42.5 Å². The van der Waals surface area contributed by atoms with E-state index >= 15 is 0 Å². The Bertz CT molecular complexity index is 656. The molecule has 2 rings (SSSR count). The van der Waals surface area contributed by atoms with Crippen LogP contribution in [0.15, 0.2) is 48.7 Å². The summed E-state index contributed by atoms with van der Waals surface area (Å²) >= 11 is 0. The van der Waals surface area contributed by atoms with Gasteiger partial charge >= 0.3 is 0 Å². The van der Waals surface area contributed by atoms with Gasteiger partial charge in [-0.2, -0.15) is 0 Å². The van der Waals surface area contributed by atoms with Crippen LogP contribution in [0.2, 0.25) is 0 Å². The van der Waals surface area contributed by atoms with E-state index in [9.17, 15) is 9.59 Å². The third-order valence-corrected chi connectivity index (χ3v) is 3.34. The van der Waals surface area contributed by atoms with Gasteiger partial charge in [0.2, 0.25) is 11.8 Å². The van der Waals surface area contributed by atoms with E-state index in [4.69, 9.17) is 0 Å². The van der Waals surface area contributed by atoms with Crippen molar-refractivity contribution in [1.82, 2.24) is 15.6 Å². The fourth-order valence-corrected chi connectivity index (χ4v) is 2.18. The maximum absolute atomic E-state index is 12.0. The molecule has 0 atom stereocenters. The van der Waals surface area contributed by atoms with Gasteiger partial charge in [-0.15, -0.1) is 0 Å². The van der Waals surface area contributed by atoms with Crippen molar-refractivity contribution in [2.45, 2.75) is 26.3 Å². The lowest BCUT2D eigenvalue weighted by atomic mass is 10.1. The zero-order chi connectivity index (χ0) is 16.5. The lowest BCUT2D eigenvalue weighted by molar-refractivity contribution is -0.120. The summed E-state index contributed by atoms with van der Waals surface area (Å²) in [5.74, 6) is -0.132. The van der Waals surface area contributed by atoms with Crippen LogP contribution in [0, 0.1) is 0 Å². The minimum Gasteiger partial charge on any atom is -0.355 e. The summed E-state index contributed by atoms with van der Waals surface area (Å²) < 4.78 is 0. The molecule has 2 N–H and O–H groups in total. The Hall–Kier alpha value is -2.69. The second-order valence-corrected chi connectivity index (χ2v) is 5.33. The van der Waals surface area contributed by atoms with Crippen molar-refractivity contribution < 1.29 is 9.59 Å². The Morgan fingerprint density at radius 3 is 2.57 bits per heavy atom. The Labute approximate surface area is 136 Å². The van der Waals surface area contributed by atoms with Gasteiger partial charge in [-0.05, 0) is 29.7 Å². The Morgan fingerprint density at radius 1 is 1.04 bits per heavy atom. The number of rotatable bonds is 7. The molecule has 0 unspecified atom stereocenters. The van der Waals surface area contributed by atoms with E-state index in [0.717, 1.165) is 12.0 Å². The van der Waals surface area contributed by atoms with Gasteiger partial charge in [0.1, 0.15) is 0 Å². The second kappa shape index (κ2) is 8.68. The molecule has 0 aliphatic heterocycles. The van der Waals surface area contributed by atoms with Crippen LogP contribution < -0.4 is 10.6 Å². The van der Waals surface area contributed by atoms with E-state index < -0.39 is 0 Å². The van der Waals surface area contributed by atoms with Gasteiger partial charge in [-0.1, -0.05) is 30.3 Å². The van der Waals surface area contributed by atoms with Crippen LogP contribution in [-0.2, 0) is 29.0 Å². The van der Waals surface area contributed by atoms with Crippen molar-refractivity contribution in [2.24, 2.45) is 0 Å². The molecule has 0 saturated heterocycles. The topological polar surface area (TPSA) is 71.1 Å². The second-order valence-electron chi connectivity index (χ2n) is 5.33. The highest BCUT2D eigenvalue weighted by molar-refractivity contribution is 5.78. The van der Waals surface area contributed by atoms with Crippen molar-refractivity contribution in [2.75, 3.05) is 6.54 Å². The zero-order valence-electron chi connectivity index (χ0n) is 13.2. The number of hydrogen-bond donors (Lipinski definition) is 2. The number of benzene rings is 1. The quantitative estimate of drug-likeness (QED) is 0.816. The van der Waals surface area contributed by atoms with Crippen LogP contribution in [0.3, 0.4) is 0 Å². The number of carbonyl (C=O) groups is 2. The van der Waals surface area contributed by atoms with Gasteiger partial charge < -0.3 is 10.6 Å². The summed E-state index contributed by atoms with van der Waals surface area (Å²) in [6.07, 6.45) is 2.70. The van der Waals surface area contributed by atoms with Gasteiger partial charge in [-0.25, -0.2) is 0 Å². The molecule has 1 aromatic carbocycles. The average Bonchev–Trinajstić information content (AvgIpc) is 2.54. The first-order valence-electron chi connectivity index (χ1n) is 7.62. The molecule has 2 amide bonds. The van der Waals surface area contributed by atoms with Crippen molar-refractivity contribution in [3.05, 3.63) is 65.5 Å². The molecular weight excluding hydrogens is 290 g/mol. The summed E-state index contributed by atoms with van der Waals surface area (Å²) in [4.78, 5) is 27.1. The lowest BCUT2D eigenvalue weighted by Crippen LogP contribution is -2.27. The third kappa shape index (κ3) is 6.30. The molecule has 0 aliphatic carbocycles. The van der Waals surface area contributed by atoms with Crippen LogP contribution in [-0.4, -0.2) is 23.3 Å². The van der Waals surface area contributed by atoms with E-state index in [-0.39, 0.29) is 18.2 Å². The first-order valence-corrected chi connectivity index (χ1v) is 7.62. The molecule has 0 aliphatic rings. The largest absolute Gasteiger partial charge is 0.355 e. The van der Waals surface area contributed by atoms with E-state index in [0.29, 0.717) is 18.8 Å². The minimum atomic E-state index is -0.0815. The number of carbonyl (C=O) groups excluding carboxylic acids is 2.